The summed E-state index contributed by atoms with van der Waals surface area (Å²) in [6.07, 6.45) is 14.0. The topological polar surface area (TPSA) is 26.3 Å². The quantitative estimate of drug-likeness (QED) is 0.241. The number of rotatable bonds is 8. The van der Waals surface area contributed by atoms with Crippen molar-refractivity contribution in [3.63, 3.8) is 0 Å². The van der Waals surface area contributed by atoms with Crippen molar-refractivity contribution in [2.24, 2.45) is 11.8 Å². The Morgan fingerprint density at radius 3 is 2.31 bits per heavy atom. The Labute approximate surface area is 192 Å². The van der Waals surface area contributed by atoms with Gasteiger partial charge in [-0.05, 0) is 60.3 Å². The Morgan fingerprint density at radius 2 is 1.62 bits per heavy atom. The van der Waals surface area contributed by atoms with Crippen molar-refractivity contribution in [2.45, 2.75) is 90.4 Å². The number of hydrogen-bond acceptors (Lipinski definition) is 2. The molecule has 32 heavy (non-hydrogen) atoms. The zero-order valence-corrected chi connectivity index (χ0v) is 19.7. The van der Waals surface area contributed by atoms with E-state index in [1.54, 1.807) is 13.0 Å². The standard InChI is InChI=1S/C29H37FO2/c1-3-4-5-6-21-8-10-22(11-9-21)12-13-23-14-17-24(18-15-23)26-19-25-16-7-20(2)27(30)28(25)32-29(26)31/h7,14-18,21-22,26H,3-6,8-13,19H2,1-2H3. The van der Waals surface area contributed by atoms with Crippen LogP contribution in [0.4, 0.5) is 4.39 Å². The lowest BCUT2D eigenvalue weighted by Crippen LogP contribution is -2.26. The van der Waals surface area contributed by atoms with Gasteiger partial charge in [0.1, 0.15) is 0 Å². The fraction of sp³-hybridized carbons (Fsp3) is 0.552. The van der Waals surface area contributed by atoms with Gasteiger partial charge in [0.2, 0.25) is 0 Å². The number of hydrogen-bond donors (Lipinski definition) is 0. The summed E-state index contributed by atoms with van der Waals surface area (Å²) in [5, 5.41) is 0. The second-order valence-electron chi connectivity index (χ2n) is 10.0. The Bertz CT molecular complexity index is 909. The van der Waals surface area contributed by atoms with Gasteiger partial charge in [0.15, 0.2) is 11.6 Å². The van der Waals surface area contributed by atoms with Crippen molar-refractivity contribution < 1.29 is 13.9 Å². The number of carbonyl (C=O) groups excluding carboxylic acids is 1. The van der Waals surface area contributed by atoms with Gasteiger partial charge in [-0.15, -0.1) is 0 Å². The molecule has 0 N–H and O–H groups in total. The van der Waals surface area contributed by atoms with Gasteiger partial charge in [-0.1, -0.05) is 94.7 Å². The summed E-state index contributed by atoms with van der Waals surface area (Å²) in [6, 6.07) is 12.1. The van der Waals surface area contributed by atoms with Gasteiger partial charge in [-0.3, -0.25) is 4.79 Å². The minimum atomic E-state index is -0.417. The number of halogens is 1. The number of aryl methyl sites for hydroxylation is 2. The maximum atomic E-state index is 14.3. The van der Waals surface area contributed by atoms with E-state index in [9.17, 15) is 9.18 Å². The number of esters is 1. The first-order chi connectivity index (χ1) is 15.5. The summed E-state index contributed by atoms with van der Waals surface area (Å²) in [5.74, 6) is 0.810. The molecule has 1 heterocycles. The highest BCUT2D eigenvalue weighted by Gasteiger charge is 2.32. The predicted octanol–water partition coefficient (Wildman–Crippen LogP) is 7.70. The third-order valence-electron chi connectivity index (χ3n) is 7.69. The van der Waals surface area contributed by atoms with E-state index >= 15 is 0 Å². The molecule has 0 spiro atoms. The molecule has 172 valence electrons. The zero-order chi connectivity index (χ0) is 22.5. The molecule has 0 saturated heterocycles. The fourth-order valence-electron chi connectivity index (χ4n) is 5.47. The van der Waals surface area contributed by atoms with Gasteiger partial charge in [0.25, 0.3) is 0 Å². The van der Waals surface area contributed by atoms with Gasteiger partial charge >= 0.3 is 5.97 Å². The normalized spacial score (nSPS) is 23.0. The molecular formula is C29H37FO2. The van der Waals surface area contributed by atoms with Crippen LogP contribution < -0.4 is 4.74 Å². The lowest BCUT2D eigenvalue weighted by atomic mass is 9.77. The lowest BCUT2D eigenvalue weighted by Gasteiger charge is -2.28. The average Bonchev–Trinajstić information content (AvgIpc) is 2.82. The van der Waals surface area contributed by atoms with Crippen LogP contribution in [0.3, 0.4) is 0 Å². The molecule has 0 bridgehead atoms. The first-order valence-corrected chi connectivity index (χ1v) is 12.6. The van der Waals surface area contributed by atoms with Crippen molar-refractivity contribution in [1.29, 1.82) is 0 Å². The van der Waals surface area contributed by atoms with E-state index in [4.69, 9.17) is 4.74 Å². The van der Waals surface area contributed by atoms with E-state index < -0.39 is 5.82 Å². The monoisotopic (exact) mass is 436 g/mol. The molecule has 1 saturated carbocycles. The second kappa shape index (κ2) is 10.6. The predicted molar refractivity (Wildman–Crippen MR) is 128 cm³/mol. The molecule has 2 nitrogen and oxygen atoms in total. The largest absolute Gasteiger partial charge is 0.423 e. The van der Waals surface area contributed by atoms with Crippen LogP contribution in [0.25, 0.3) is 0 Å². The van der Waals surface area contributed by atoms with Crippen LogP contribution in [0, 0.1) is 24.6 Å². The Morgan fingerprint density at radius 1 is 0.938 bits per heavy atom. The van der Waals surface area contributed by atoms with Crippen molar-refractivity contribution in [2.75, 3.05) is 0 Å². The zero-order valence-electron chi connectivity index (χ0n) is 19.7. The van der Waals surface area contributed by atoms with E-state index in [0.717, 1.165) is 29.4 Å². The fourth-order valence-corrected chi connectivity index (χ4v) is 5.47. The number of carbonyl (C=O) groups is 1. The highest BCUT2D eigenvalue weighted by molar-refractivity contribution is 5.83. The van der Waals surface area contributed by atoms with Gasteiger partial charge < -0.3 is 4.74 Å². The summed E-state index contributed by atoms with van der Waals surface area (Å²) < 4.78 is 19.7. The van der Waals surface area contributed by atoms with Gasteiger partial charge in [0.05, 0.1) is 5.92 Å². The smallest absolute Gasteiger partial charge is 0.319 e. The first kappa shape index (κ1) is 23.0. The minimum absolute atomic E-state index is 0.114. The van der Waals surface area contributed by atoms with E-state index in [2.05, 4.69) is 31.2 Å². The van der Waals surface area contributed by atoms with Crippen LogP contribution >= 0.6 is 0 Å². The minimum Gasteiger partial charge on any atom is -0.423 e. The van der Waals surface area contributed by atoms with Crippen molar-refractivity contribution >= 4 is 5.97 Å². The Hall–Kier alpha value is -2.16. The summed E-state index contributed by atoms with van der Waals surface area (Å²) in [5.41, 5.74) is 3.57. The van der Waals surface area contributed by atoms with E-state index in [1.807, 2.05) is 6.07 Å². The molecule has 4 rings (SSSR count). The summed E-state index contributed by atoms with van der Waals surface area (Å²) >= 11 is 0. The molecule has 3 heteroatoms. The maximum absolute atomic E-state index is 14.3. The second-order valence-corrected chi connectivity index (χ2v) is 10.0. The van der Waals surface area contributed by atoms with Crippen molar-refractivity contribution in [3.8, 4) is 5.75 Å². The molecular weight excluding hydrogens is 399 g/mol. The molecule has 2 aliphatic rings. The van der Waals surface area contributed by atoms with Gasteiger partial charge in [-0.2, -0.15) is 0 Å². The average molecular weight is 437 g/mol. The molecule has 1 unspecified atom stereocenters. The van der Waals surface area contributed by atoms with Crippen molar-refractivity contribution in [1.82, 2.24) is 0 Å². The third kappa shape index (κ3) is 5.42. The molecule has 1 fully saturated rings. The number of unbranched alkanes of at least 4 members (excludes halogenated alkanes) is 2. The molecule has 0 aromatic heterocycles. The number of benzene rings is 2. The molecule has 1 atom stereocenters. The van der Waals surface area contributed by atoms with E-state index in [-0.39, 0.29) is 17.6 Å². The van der Waals surface area contributed by atoms with Crippen LogP contribution in [0.2, 0.25) is 0 Å². The molecule has 2 aromatic carbocycles. The number of fused-ring (bicyclic) bond motifs is 1. The molecule has 0 amide bonds. The molecule has 1 aliphatic carbocycles. The molecule has 1 aliphatic heterocycles. The van der Waals surface area contributed by atoms with Gasteiger partial charge in [0, 0.05) is 0 Å². The van der Waals surface area contributed by atoms with Crippen LogP contribution in [-0.2, 0) is 17.6 Å². The molecule has 2 aromatic rings. The lowest BCUT2D eigenvalue weighted by molar-refractivity contribution is -0.137. The summed E-state index contributed by atoms with van der Waals surface area (Å²) in [4.78, 5) is 12.6. The van der Waals surface area contributed by atoms with Crippen LogP contribution in [0.1, 0.15) is 92.9 Å². The van der Waals surface area contributed by atoms with E-state index in [1.165, 1.54) is 63.4 Å². The number of ether oxygens (including phenoxy) is 1. The third-order valence-corrected chi connectivity index (χ3v) is 7.69. The highest BCUT2D eigenvalue weighted by atomic mass is 19.1. The van der Waals surface area contributed by atoms with Crippen molar-refractivity contribution in [3.05, 3.63) is 64.5 Å². The van der Waals surface area contributed by atoms with Crippen LogP contribution in [0.5, 0.6) is 5.75 Å². The molecule has 0 radical (unpaired) electrons. The Balaban J connectivity index is 1.28. The summed E-state index contributed by atoms with van der Waals surface area (Å²) in [6.45, 7) is 3.97. The van der Waals surface area contributed by atoms with Crippen LogP contribution in [-0.4, -0.2) is 5.97 Å². The maximum Gasteiger partial charge on any atom is 0.319 e. The summed E-state index contributed by atoms with van der Waals surface area (Å²) in [7, 11) is 0. The first-order valence-electron chi connectivity index (χ1n) is 12.6. The van der Waals surface area contributed by atoms with E-state index in [0.29, 0.717) is 12.0 Å². The van der Waals surface area contributed by atoms with Gasteiger partial charge in [-0.25, -0.2) is 4.39 Å². The Kier molecular flexibility index (Phi) is 7.65. The highest BCUT2D eigenvalue weighted by Crippen LogP contribution is 2.37. The van der Waals surface area contributed by atoms with Crippen LogP contribution in [0.15, 0.2) is 36.4 Å². The SMILES string of the molecule is CCCCCC1CCC(CCc2ccc(C3Cc4ccc(C)c(F)c4OC3=O)cc2)CC1.